The van der Waals surface area contributed by atoms with E-state index in [9.17, 15) is 4.79 Å². The molecule has 6 saturated heterocycles. The summed E-state index contributed by atoms with van der Waals surface area (Å²) in [5.41, 5.74) is 0.358. The second-order valence-electron chi connectivity index (χ2n) is 20.9. The SMILES string of the molecule is C=C(C)C(=O)OCCCC[Si]12O[Si]3(CCC(C)C)O[Si]4(CC(C)C)O[Si](CC(C)C)(O1)O[Si]1(CCC(C)C)O[Si](CC(C)C)(O2)O[Si](CC(C)C)(O3)O[Si](CC(C)C)(O1)O4. The molecule has 14 nitrogen and oxygen atoms in total. The minimum Gasteiger partial charge on any atom is -0.462 e. The van der Waals surface area contributed by atoms with Crippen molar-refractivity contribution in [3.63, 3.8) is 0 Å². The first kappa shape index (κ1) is 51.4. The van der Waals surface area contributed by atoms with Crippen LogP contribution in [0.25, 0.3) is 0 Å². The molecule has 6 heterocycles. The van der Waals surface area contributed by atoms with Crippen molar-refractivity contribution >= 4 is 76.4 Å². The number of rotatable bonds is 22. The number of hydrogen-bond donors (Lipinski definition) is 0. The molecule has 0 N–H and O–H groups in total. The lowest BCUT2D eigenvalue weighted by atomic mass is 10.2. The summed E-state index contributed by atoms with van der Waals surface area (Å²) in [7, 11) is -31.8. The number of carbonyl (C=O) groups is 1. The molecule has 0 amide bonds. The molecule has 6 aliphatic rings. The summed E-state index contributed by atoms with van der Waals surface area (Å²) in [6, 6.07) is 3.60. The van der Waals surface area contributed by atoms with Crippen LogP contribution in [0, 0.1) is 41.4 Å². The van der Waals surface area contributed by atoms with Crippen molar-refractivity contribution in [1.29, 1.82) is 0 Å². The maximum Gasteiger partial charge on any atom is 0.479 e. The van der Waals surface area contributed by atoms with Crippen LogP contribution < -0.4 is 0 Å². The Kier molecular flexibility index (Phi) is 16.9. The van der Waals surface area contributed by atoms with Crippen molar-refractivity contribution in [3.05, 3.63) is 12.2 Å². The standard InChI is InChI=1S/C38H80O14Si8/c1-30(2)19-23-54-41-53(22-18-17-21-40-38(39)37(15)16)42-56(25-32(5)6)46-55(24-20-31(3)4)47-57(43-53,26-33(7)8)50-59(45-54,28-35(11)12)52-60(48-55,29-36(13)14)51-58(44-54,49-56)27-34(9)10/h30-36H,15,17-29H2,1-14,16H3. The Bertz CT molecular complexity index is 1430. The fourth-order valence-corrected chi connectivity index (χ4v) is 60.6. The molecular weight excluding hydrogens is 905 g/mol. The van der Waals surface area contributed by atoms with E-state index in [1.54, 1.807) is 6.92 Å². The Morgan fingerprint density at radius 2 is 0.650 bits per heavy atom. The van der Waals surface area contributed by atoms with E-state index >= 15 is 0 Å². The average Bonchev–Trinajstić information content (AvgIpc) is 3.01. The van der Waals surface area contributed by atoms with Gasteiger partial charge in [-0.05, 0) is 74.0 Å². The van der Waals surface area contributed by atoms with Crippen molar-refractivity contribution in [2.45, 2.75) is 178 Å². The predicted molar refractivity (Wildman–Crippen MR) is 246 cm³/mol. The topological polar surface area (TPSA) is 137 Å². The van der Waals surface area contributed by atoms with Crippen LogP contribution in [-0.4, -0.2) is 83.0 Å². The Morgan fingerprint density at radius 1 is 0.400 bits per heavy atom. The van der Waals surface area contributed by atoms with E-state index < -0.39 is 76.4 Å². The molecular formula is C38H80O14Si8. The Balaban J connectivity index is 1.87. The minimum atomic E-state index is -4.06. The molecule has 348 valence electrons. The summed E-state index contributed by atoms with van der Waals surface area (Å²) >= 11 is 0. The van der Waals surface area contributed by atoms with E-state index in [2.05, 4.69) is 104 Å². The molecule has 4 unspecified atom stereocenters. The van der Waals surface area contributed by atoms with E-state index in [0.29, 0.717) is 78.6 Å². The lowest BCUT2D eigenvalue weighted by Crippen LogP contribution is -2.88. The maximum absolute atomic E-state index is 12.4. The zero-order chi connectivity index (χ0) is 44.6. The quantitative estimate of drug-likeness (QED) is 0.0440. The summed E-state index contributed by atoms with van der Waals surface area (Å²) in [5.74, 6) is 0.672. The van der Waals surface area contributed by atoms with Crippen molar-refractivity contribution in [3.8, 4) is 0 Å². The summed E-state index contributed by atoms with van der Waals surface area (Å²) < 4.78 is 99.4. The van der Waals surface area contributed by atoms with Gasteiger partial charge in [0, 0.05) is 53.9 Å². The van der Waals surface area contributed by atoms with Gasteiger partial charge < -0.3 is 54.1 Å². The van der Waals surface area contributed by atoms with Crippen LogP contribution in [0.3, 0.4) is 0 Å². The average molecular weight is 986 g/mol. The number of ether oxygens (including phenoxy) is 1. The molecule has 0 aliphatic carbocycles. The van der Waals surface area contributed by atoms with Gasteiger partial charge in [0.25, 0.3) is 0 Å². The molecule has 8 bridgehead atoms. The fraction of sp³-hybridized carbons (Fsp3) is 0.921. The number of esters is 1. The van der Waals surface area contributed by atoms with E-state index in [0.717, 1.165) is 12.8 Å². The van der Waals surface area contributed by atoms with Gasteiger partial charge >= 0.3 is 76.4 Å². The van der Waals surface area contributed by atoms with Crippen molar-refractivity contribution in [2.75, 3.05) is 6.61 Å². The highest BCUT2D eigenvalue weighted by atomic mass is 28.6. The first-order chi connectivity index (χ1) is 27.7. The highest BCUT2D eigenvalue weighted by Crippen LogP contribution is 2.55. The minimum absolute atomic E-state index is 0.0830. The van der Waals surface area contributed by atoms with Crippen LogP contribution in [0.2, 0.25) is 48.4 Å². The molecule has 0 saturated carbocycles. The Hall–Kier alpha value is 0.465. The van der Waals surface area contributed by atoms with E-state index in [4.69, 9.17) is 54.1 Å². The monoisotopic (exact) mass is 984 g/mol. The lowest BCUT2D eigenvalue weighted by Gasteiger charge is -2.64. The normalized spacial score (nSPS) is 37.7. The molecule has 22 heteroatoms. The van der Waals surface area contributed by atoms with Crippen molar-refractivity contribution < 1.29 is 58.9 Å². The first-order valence-corrected chi connectivity index (χ1v) is 38.4. The van der Waals surface area contributed by atoms with Gasteiger partial charge in [0.15, 0.2) is 0 Å². The largest absolute Gasteiger partial charge is 0.479 e. The van der Waals surface area contributed by atoms with E-state index in [1.807, 2.05) is 0 Å². The highest BCUT2D eigenvalue weighted by molar-refractivity contribution is 7.03. The molecule has 6 aliphatic heterocycles. The third kappa shape index (κ3) is 12.9. The van der Waals surface area contributed by atoms with Crippen LogP contribution in [0.4, 0.5) is 0 Å². The molecule has 4 atom stereocenters. The van der Waals surface area contributed by atoms with Crippen molar-refractivity contribution in [2.24, 2.45) is 41.4 Å². The van der Waals surface area contributed by atoms with Crippen LogP contribution in [0.1, 0.15) is 130 Å². The molecule has 6 fully saturated rings. The maximum atomic E-state index is 12.4. The molecule has 0 aromatic carbocycles. The van der Waals surface area contributed by atoms with E-state index in [1.165, 1.54) is 0 Å². The summed E-state index contributed by atoms with van der Waals surface area (Å²) in [5, 5.41) is 0. The zero-order valence-electron chi connectivity index (χ0n) is 39.7. The van der Waals surface area contributed by atoms with Crippen LogP contribution in [-0.2, 0) is 58.9 Å². The van der Waals surface area contributed by atoms with Gasteiger partial charge in [-0.1, -0.05) is 104 Å². The van der Waals surface area contributed by atoms with Gasteiger partial charge in [0.1, 0.15) is 0 Å². The smallest absolute Gasteiger partial charge is 0.462 e. The summed E-state index contributed by atoms with van der Waals surface area (Å²) in [4.78, 5) is 12.4. The zero-order valence-corrected chi connectivity index (χ0v) is 47.7. The predicted octanol–water partition coefficient (Wildman–Crippen LogP) is 10.0. The summed E-state index contributed by atoms with van der Waals surface area (Å²) in [6.07, 6.45) is 2.60. The van der Waals surface area contributed by atoms with Gasteiger partial charge in [-0.15, -0.1) is 0 Å². The molecule has 6 rings (SSSR count). The molecule has 0 radical (unpaired) electrons. The van der Waals surface area contributed by atoms with Crippen LogP contribution >= 0.6 is 0 Å². The second kappa shape index (κ2) is 19.7. The van der Waals surface area contributed by atoms with Gasteiger partial charge in [-0.2, -0.15) is 0 Å². The third-order valence-electron chi connectivity index (χ3n) is 10.5. The molecule has 60 heavy (non-hydrogen) atoms. The second-order valence-corrected chi connectivity index (χ2v) is 45.2. The fourth-order valence-electron chi connectivity index (χ4n) is 8.59. The highest BCUT2D eigenvalue weighted by Gasteiger charge is 2.83. The lowest BCUT2D eigenvalue weighted by molar-refractivity contribution is -0.139. The van der Waals surface area contributed by atoms with Gasteiger partial charge in [-0.3, -0.25) is 0 Å². The Labute approximate surface area is 371 Å². The number of hydrogen-bond acceptors (Lipinski definition) is 14. The van der Waals surface area contributed by atoms with Crippen LogP contribution in [0.5, 0.6) is 0 Å². The Morgan fingerprint density at radius 3 is 0.900 bits per heavy atom. The molecule has 0 aromatic rings. The van der Waals surface area contributed by atoms with Gasteiger partial charge in [0.05, 0.1) is 6.61 Å². The van der Waals surface area contributed by atoms with Gasteiger partial charge in [0.2, 0.25) is 0 Å². The van der Waals surface area contributed by atoms with Crippen molar-refractivity contribution in [1.82, 2.24) is 0 Å². The molecule has 0 spiro atoms. The van der Waals surface area contributed by atoms with E-state index in [-0.39, 0.29) is 36.2 Å². The molecule has 0 aromatic heterocycles. The first-order valence-electron chi connectivity index (χ1n) is 23.0. The third-order valence-corrected chi connectivity index (χ3v) is 49.7. The summed E-state index contributed by atoms with van der Waals surface area (Å²) in [6.45, 7) is 36.0. The van der Waals surface area contributed by atoms with Crippen LogP contribution in [0.15, 0.2) is 12.2 Å². The number of unbranched alkanes of at least 4 members (excludes halogenated alkanes) is 1. The van der Waals surface area contributed by atoms with Gasteiger partial charge in [-0.25, -0.2) is 4.79 Å². The number of carbonyl (C=O) groups excluding carboxylic acids is 1.